The number of nitrogens with zero attached hydrogens (tertiary/aromatic N) is 2. The smallest absolute Gasteiger partial charge is 0.409 e. The minimum Gasteiger partial charge on any atom is -0.450 e. The topological polar surface area (TPSA) is 87.2 Å². The van der Waals surface area contributed by atoms with Crippen molar-refractivity contribution in [1.82, 2.24) is 9.80 Å². The van der Waals surface area contributed by atoms with E-state index in [1.165, 1.54) is 0 Å². The van der Waals surface area contributed by atoms with Gasteiger partial charge in [0.2, 0.25) is 0 Å². The summed E-state index contributed by atoms with van der Waals surface area (Å²) in [5, 5.41) is 0. The third-order valence-corrected chi connectivity index (χ3v) is 3.58. The van der Waals surface area contributed by atoms with E-state index in [0.29, 0.717) is 45.8 Å². The van der Waals surface area contributed by atoms with Gasteiger partial charge in [-0.2, -0.15) is 8.42 Å². The third kappa shape index (κ3) is 5.65. The second-order valence-electron chi connectivity index (χ2n) is 4.17. The molecule has 0 bridgehead atoms. The van der Waals surface area contributed by atoms with E-state index in [9.17, 15) is 13.2 Å². The number of amides is 1. The molecule has 0 radical (unpaired) electrons. The number of carbonyl (C=O) groups excluding carboxylic acids is 1. The predicted molar refractivity (Wildman–Crippen MR) is 66.1 cm³/mol. The van der Waals surface area contributed by atoms with Crippen molar-refractivity contribution in [2.45, 2.75) is 13.3 Å². The number of carbonyl (C=O) groups is 1. The lowest BCUT2D eigenvalue weighted by Crippen LogP contribution is -2.49. The van der Waals surface area contributed by atoms with E-state index in [0.717, 1.165) is 0 Å². The molecule has 0 aliphatic carbocycles. The number of hydrogen-bond acceptors (Lipinski definition) is 5. The molecule has 1 saturated heterocycles. The minimum absolute atomic E-state index is 0.217. The molecule has 1 N–H and O–H groups in total. The summed E-state index contributed by atoms with van der Waals surface area (Å²) in [5.41, 5.74) is 0. The number of ether oxygens (including phenoxy) is 1. The molecule has 0 aromatic rings. The van der Waals surface area contributed by atoms with Gasteiger partial charge in [0.05, 0.1) is 12.4 Å². The van der Waals surface area contributed by atoms with Crippen LogP contribution >= 0.6 is 0 Å². The zero-order valence-electron chi connectivity index (χ0n) is 10.5. The van der Waals surface area contributed by atoms with Crippen molar-refractivity contribution in [3.63, 3.8) is 0 Å². The van der Waals surface area contributed by atoms with E-state index in [1.54, 1.807) is 11.8 Å². The monoisotopic (exact) mass is 280 g/mol. The Morgan fingerprint density at radius 1 is 1.28 bits per heavy atom. The first kappa shape index (κ1) is 15.2. The molecule has 1 amide bonds. The van der Waals surface area contributed by atoms with E-state index in [2.05, 4.69) is 4.90 Å². The molecule has 1 aliphatic rings. The molecule has 0 aromatic heterocycles. The summed E-state index contributed by atoms with van der Waals surface area (Å²) in [4.78, 5) is 15.1. The minimum atomic E-state index is -3.87. The Kier molecular flexibility index (Phi) is 5.83. The molecule has 18 heavy (non-hydrogen) atoms. The van der Waals surface area contributed by atoms with Gasteiger partial charge in [-0.3, -0.25) is 9.45 Å². The second-order valence-corrected chi connectivity index (χ2v) is 5.74. The normalized spacial score (nSPS) is 17.8. The summed E-state index contributed by atoms with van der Waals surface area (Å²) in [6.07, 6.45) is 0.105. The Morgan fingerprint density at radius 2 is 1.89 bits per heavy atom. The first-order valence-corrected chi connectivity index (χ1v) is 7.62. The van der Waals surface area contributed by atoms with Crippen LogP contribution in [0.5, 0.6) is 0 Å². The molecule has 1 aliphatic heterocycles. The maximum Gasteiger partial charge on any atom is 0.409 e. The standard InChI is InChI=1S/C10H20N2O5S/c1-2-17-10(13)12-7-5-11(6-8-12)4-3-9-18(14,15)16/h2-9H2,1H3,(H,14,15,16). The highest BCUT2D eigenvalue weighted by Crippen LogP contribution is 2.04. The summed E-state index contributed by atoms with van der Waals surface area (Å²) in [5.74, 6) is -0.217. The van der Waals surface area contributed by atoms with Gasteiger partial charge in [0.15, 0.2) is 0 Å². The first-order chi connectivity index (χ1) is 8.42. The SMILES string of the molecule is CCOC(=O)N1CCN(CCCS(=O)(=O)O)CC1. The van der Waals surface area contributed by atoms with Crippen LogP contribution in [0.25, 0.3) is 0 Å². The zero-order valence-corrected chi connectivity index (χ0v) is 11.4. The number of piperazine rings is 1. The van der Waals surface area contributed by atoms with E-state index in [1.807, 2.05) is 0 Å². The van der Waals surface area contributed by atoms with E-state index >= 15 is 0 Å². The molecule has 1 fully saturated rings. The van der Waals surface area contributed by atoms with Crippen molar-refractivity contribution in [2.24, 2.45) is 0 Å². The van der Waals surface area contributed by atoms with Gasteiger partial charge in [0.1, 0.15) is 0 Å². The Hall–Kier alpha value is -0.860. The van der Waals surface area contributed by atoms with Crippen LogP contribution in [-0.2, 0) is 14.9 Å². The predicted octanol–water partition coefficient (Wildman–Crippen LogP) is 0.0384. The fraction of sp³-hybridized carbons (Fsp3) is 0.900. The quantitative estimate of drug-likeness (QED) is 0.715. The van der Waals surface area contributed by atoms with Crippen LogP contribution < -0.4 is 0 Å². The fourth-order valence-electron chi connectivity index (χ4n) is 1.84. The molecule has 0 saturated carbocycles. The maximum absolute atomic E-state index is 11.4. The highest BCUT2D eigenvalue weighted by Gasteiger charge is 2.21. The third-order valence-electron chi connectivity index (χ3n) is 2.77. The molecule has 0 atom stereocenters. The Morgan fingerprint density at radius 3 is 2.39 bits per heavy atom. The molecule has 7 nitrogen and oxygen atoms in total. The summed E-state index contributed by atoms with van der Waals surface area (Å²) in [6.45, 7) is 5.32. The van der Waals surface area contributed by atoms with Crippen molar-refractivity contribution in [2.75, 3.05) is 45.1 Å². The molecule has 1 heterocycles. The van der Waals surface area contributed by atoms with Gasteiger partial charge in [-0.25, -0.2) is 4.79 Å². The molecule has 106 valence electrons. The zero-order chi connectivity index (χ0) is 13.6. The van der Waals surface area contributed by atoms with E-state index in [4.69, 9.17) is 9.29 Å². The van der Waals surface area contributed by atoms with Crippen molar-refractivity contribution in [3.05, 3.63) is 0 Å². The number of hydrogen-bond donors (Lipinski definition) is 1. The van der Waals surface area contributed by atoms with Crippen molar-refractivity contribution >= 4 is 16.2 Å². The van der Waals surface area contributed by atoms with Crippen LogP contribution in [0.1, 0.15) is 13.3 Å². The molecular weight excluding hydrogens is 260 g/mol. The Balaban J connectivity index is 2.21. The highest BCUT2D eigenvalue weighted by atomic mass is 32.2. The van der Waals surface area contributed by atoms with Crippen LogP contribution in [0.3, 0.4) is 0 Å². The lowest BCUT2D eigenvalue weighted by molar-refractivity contribution is 0.0797. The van der Waals surface area contributed by atoms with E-state index < -0.39 is 10.1 Å². The summed E-state index contributed by atoms with van der Waals surface area (Å²) >= 11 is 0. The molecule has 1 rings (SSSR count). The molecule has 0 spiro atoms. The van der Waals surface area contributed by atoms with Crippen LogP contribution in [0.15, 0.2) is 0 Å². The molecular formula is C10H20N2O5S. The summed E-state index contributed by atoms with van der Waals surface area (Å²) in [7, 11) is -3.87. The lowest BCUT2D eigenvalue weighted by Gasteiger charge is -2.33. The van der Waals surface area contributed by atoms with Gasteiger partial charge < -0.3 is 9.64 Å². The van der Waals surface area contributed by atoms with E-state index in [-0.39, 0.29) is 11.8 Å². The summed E-state index contributed by atoms with van der Waals surface area (Å²) < 4.78 is 34.6. The van der Waals surface area contributed by atoms with Crippen molar-refractivity contribution in [3.8, 4) is 0 Å². The van der Waals surface area contributed by atoms with Crippen molar-refractivity contribution in [1.29, 1.82) is 0 Å². The average Bonchev–Trinajstić information content (AvgIpc) is 2.28. The van der Waals surface area contributed by atoms with Gasteiger partial charge in [0, 0.05) is 26.2 Å². The Labute approximate surface area is 107 Å². The Bertz CT molecular complexity index is 362. The van der Waals surface area contributed by atoms with Gasteiger partial charge in [0.25, 0.3) is 10.1 Å². The van der Waals surface area contributed by atoms with Crippen molar-refractivity contribution < 1.29 is 22.5 Å². The molecule has 0 aromatic carbocycles. The molecule has 8 heteroatoms. The van der Waals surface area contributed by atoms with Crippen LogP contribution in [0, 0.1) is 0 Å². The fourth-order valence-corrected chi connectivity index (χ4v) is 2.33. The highest BCUT2D eigenvalue weighted by molar-refractivity contribution is 7.85. The first-order valence-electron chi connectivity index (χ1n) is 6.01. The molecule has 0 unspecified atom stereocenters. The van der Waals surface area contributed by atoms with Gasteiger partial charge in [-0.1, -0.05) is 0 Å². The van der Waals surface area contributed by atoms with Crippen LogP contribution in [-0.4, -0.2) is 73.9 Å². The van der Waals surface area contributed by atoms with Gasteiger partial charge >= 0.3 is 6.09 Å². The average molecular weight is 280 g/mol. The number of rotatable bonds is 5. The maximum atomic E-state index is 11.4. The van der Waals surface area contributed by atoms with Crippen LogP contribution in [0.4, 0.5) is 4.79 Å². The summed E-state index contributed by atoms with van der Waals surface area (Å²) in [6, 6.07) is 0. The van der Waals surface area contributed by atoms with Crippen LogP contribution in [0.2, 0.25) is 0 Å². The van der Waals surface area contributed by atoms with Gasteiger partial charge in [-0.15, -0.1) is 0 Å². The largest absolute Gasteiger partial charge is 0.450 e. The lowest BCUT2D eigenvalue weighted by atomic mass is 10.3. The second kappa shape index (κ2) is 6.91. The van der Waals surface area contributed by atoms with Gasteiger partial charge in [-0.05, 0) is 19.9 Å².